The molecule has 108 valence electrons. The van der Waals surface area contributed by atoms with Crippen molar-refractivity contribution in [1.29, 1.82) is 0 Å². The van der Waals surface area contributed by atoms with Crippen molar-refractivity contribution in [3.8, 4) is 5.75 Å². The lowest BCUT2D eigenvalue weighted by atomic mass is 10.2. The van der Waals surface area contributed by atoms with E-state index in [1.165, 1.54) is 13.2 Å². The Bertz CT molecular complexity index is 531. The van der Waals surface area contributed by atoms with Crippen molar-refractivity contribution in [2.75, 3.05) is 27.4 Å². The number of rotatable bonds is 7. The van der Waals surface area contributed by atoms with Crippen LogP contribution in [0.1, 0.15) is 12.0 Å². The summed E-state index contributed by atoms with van der Waals surface area (Å²) < 4.78 is 36.7. The highest BCUT2D eigenvalue weighted by Gasteiger charge is 2.20. The molecule has 0 bridgehead atoms. The summed E-state index contributed by atoms with van der Waals surface area (Å²) in [6, 6.07) is 3.00. The molecule has 0 heterocycles. The number of sulfonamides is 1. The molecule has 0 aromatic heterocycles. The van der Waals surface area contributed by atoms with Crippen molar-refractivity contribution in [2.24, 2.45) is 0 Å². The van der Waals surface area contributed by atoms with Gasteiger partial charge in [0.05, 0.1) is 7.11 Å². The van der Waals surface area contributed by atoms with E-state index in [-0.39, 0.29) is 10.6 Å². The second-order valence-corrected chi connectivity index (χ2v) is 6.14. The Morgan fingerprint density at radius 3 is 2.58 bits per heavy atom. The molecule has 7 heteroatoms. The maximum absolute atomic E-state index is 12.1. The molecular weight excluding hydrogens is 290 g/mol. The second-order valence-electron chi connectivity index (χ2n) is 4.00. The number of ether oxygens (including phenoxy) is 2. The summed E-state index contributed by atoms with van der Waals surface area (Å²) in [6.45, 7) is 2.58. The Labute approximate surface area is 118 Å². The molecule has 0 amide bonds. The smallest absolute Gasteiger partial charge is 0.244 e. The lowest BCUT2D eigenvalue weighted by Gasteiger charge is -2.12. The summed E-state index contributed by atoms with van der Waals surface area (Å²) in [5, 5.41) is 0.387. The number of benzene rings is 1. The van der Waals surface area contributed by atoms with Gasteiger partial charge >= 0.3 is 0 Å². The van der Waals surface area contributed by atoms with Crippen LogP contribution in [0, 0.1) is 6.92 Å². The van der Waals surface area contributed by atoms with Crippen molar-refractivity contribution in [1.82, 2.24) is 4.72 Å². The van der Waals surface area contributed by atoms with Crippen LogP contribution >= 0.6 is 11.6 Å². The molecule has 0 radical (unpaired) electrons. The van der Waals surface area contributed by atoms with E-state index in [0.29, 0.717) is 24.6 Å². The summed E-state index contributed by atoms with van der Waals surface area (Å²) in [6.07, 6.45) is 0.595. The predicted molar refractivity (Wildman–Crippen MR) is 74.4 cm³/mol. The van der Waals surface area contributed by atoms with Gasteiger partial charge in [0.2, 0.25) is 10.0 Å². The fourth-order valence-corrected chi connectivity index (χ4v) is 2.98. The van der Waals surface area contributed by atoms with Crippen LogP contribution in [0.2, 0.25) is 5.02 Å². The number of halogens is 1. The first-order valence-electron chi connectivity index (χ1n) is 5.75. The summed E-state index contributed by atoms with van der Waals surface area (Å²) in [5.41, 5.74) is 0.761. The molecule has 0 spiro atoms. The molecule has 0 saturated heterocycles. The molecule has 0 aliphatic rings. The maximum atomic E-state index is 12.1. The van der Waals surface area contributed by atoms with Gasteiger partial charge in [-0.3, -0.25) is 0 Å². The lowest BCUT2D eigenvalue weighted by Crippen LogP contribution is -2.26. The first kappa shape index (κ1) is 16.2. The summed E-state index contributed by atoms with van der Waals surface area (Å²) in [5.74, 6) is 0.279. The number of hydrogen-bond donors (Lipinski definition) is 1. The topological polar surface area (TPSA) is 64.6 Å². The van der Waals surface area contributed by atoms with Crippen molar-refractivity contribution in [2.45, 2.75) is 18.2 Å². The van der Waals surface area contributed by atoms with E-state index >= 15 is 0 Å². The van der Waals surface area contributed by atoms with Gasteiger partial charge in [-0.15, -0.1) is 0 Å². The minimum atomic E-state index is -3.64. The van der Waals surface area contributed by atoms with Crippen LogP contribution in [-0.4, -0.2) is 35.8 Å². The van der Waals surface area contributed by atoms with E-state index in [1.807, 2.05) is 0 Å². The van der Waals surface area contributed by atoms with Crippen LogP contribution in [0.3, 0.4) is 0 Å². The molecule has 0 aliphatic heterocycles. The third-order valence-electron chi connectivity index (χ3n) is 2.55. The Morgan fingerprint density at radius 2 is 2.00 bits per heavy atom. The molecule has 1 aromatic carbocycles. The molecule has 1 aromatic rings. The first-order valence-corrected chi connectivity index (χ1v) is 7.61. The number of methoxy groups -OCH3 is 2. The highest BCUT2D eigenvalue weighted by Crippen LogP contribution is 2.29. The molecular formula is C12H18ClNO4S. The van der Waals surface area contributed by atoms with E-state index in [1.54, 1.807) is 20.1 Å². The zero-order chi connectivity index (χ0) is 14.5. The average molecular weight is 308 g/mol. The Balaban J connectivity index is 2.97. The van der Waals surface area contributed by atoms with Crippen molar-refractivity contribution in [3.63, 3.8) is 0 Å². The van der Waals surface area contributed by atoms with Gasteiger partial charge in [-0.05, 0) is 31.0 Å². The molecule has 0 atom stereocenters. The van der Waals surface area contributed by atoms with Crippen LogP contribution < -0.4 is 9.46 Å². The normalized spacial score (nSPS) is 11.6. The minimum Gasteiger partial charge on any atom is -0.495 e. The van der Waals surface area contributed by atoms with Crippen molar-refractivity contribution >= 4 is 21.6 Å². The van der Waals surface area contributed by atoms with Crippen LogP contribution in [0.25, 0.3) is 0 Å². The Kier molecular flexibility index (Phi) is 6.06. The fourth-order valence-electron chi connectivity index (χ4n) is 1.51. The quantitative estimate of drug-likeness (QED) is 0.782. The largest absolute Gasteiger partial charge is 0.495 e. The zero-order valence-electron chi connectivity index (χ0n) is 11.2. The first-order chi connectivity index (χ1) is 8.92. The molecule has 1 N–H and O–H groups in total. The Morgan fingerprint density at radius 1 is 1.32 bits per heavy atom. The number of aryl methyl sites for hydroxylation is 1. The van der Waals surface area contributed by atoms with Gasteiger partial charge in [0.1, 0.15) is 10.6 Å². The highest BCUT2D eigenvalue weighted by atomic mass is 35.5. The third-order valence-corrected chi connectivity index (χ3v) is 4.44. The van der Waals surface area contributed by atoms with Crippen LogP contribution in [0.4, 0.5) is 0 Å². The molecule has 0 unspecified atom stereocenters. The third kappa shape index (κ3) is 4.35. The van der Waals surface area contributed by atoms with Gasteiger partial charge < -0.3 is 9.47 Å². The minimum absolute atomic E-state index is 0.0445. The highest BCUT2D eigenvalue weighted by molar-refractivity contribution is 7.89. The molecule has 5 nitrogen and oxygen atoms in total. The standard InChI is InChI=1S/C12H18ClNO4S/c1-9-7-11(18-3)12(8-10(9)13)19(15,16)14-5-4-6-17-2/h7-8,14H,4-6H2,1-3H3. The maximum Gasteiger partial charge on any atom is 0.244 e. The van der Waals surface area contributed by atoms with E-state index in [9.17, 15) is 8.42 Å². The summed E-state index contributed by atoms with van der Waals surface area (Å²) in [7, 11) is -0.648. The van der Waals surface area contributed by atoms with Crippen molar-refractivity contribution < 1.29 is 17.9 Å². The molecule has 19 heavy (non-hydrogen) atoms. The Hall–Kier alpha value is -0.820. The van der Waals surface area contributed by atoms with E-state index in [2.05, 4.69) is 4.72 Å². The van der Waals surface area contributed by atoms with E-state index in [4.69, 9.17) is 21.1 Å². The van der Waals surface area contributed by atoms with Crippen LogP contribution in [0.15, 0.2) is 17.0 Å². The van der Waals surface area contributed by atoms with Gasteiger partial charge in [-0.2, -0.15) is 0 Å². The predicted octanol–water partition coefficient (Wildman–Crippen LogP) is 1.97. The fraction of sp³-hybridized carbons (Fsp3) is 0.500. The number of nitrogens with one attached hydrogen (secondary N) is 1. The lowest BCUT2D eigenvalue weighted by molar-refractivity contribution is 0.196. The van der Waals surface area contributed by atoms with Gasteiger partial charge in [0.15, 0.2) is 0 Å². The SMILES string of the molecule is COCCCNS(=O)(=O)c1cc(Cl)c(C)cc1OC. The van der Waals surface area contributed by atoms with Gasteiger partial charge in [0.25, 0.3) is 0 Å². The molecule has 1 rings (SSSR count). The summed E-state index contributed by atoms with van der Waals surface area (Å²) >= 11 is 5.96. The van der Waals surface area contributed by atoms with E-state index in [0.717, 1.165) is 5.56 Å². The molecule has 0 aliphatic carbocycles. The average Bonchev–Trinajstić information content (AvgIpc) is 2.37. The monoisotopic (exact) mass is 307 g/mol. The van der Waals surface area contributed by atoms with Gasteiger partial charge in [-0.1, -0.05) is 11.6 Å². The summed E-state index contributed by atoms with van der Waals surface area (Å²) in [4.78, 5) is 0.0445. The van der Waals surface area contributed by atoms with Crippen LogP contribution in [0.5, 0.6) is 5.75 Å². The van der Waals surface area contributed by atoms with Crippen LogP contribution in [-0.2, 0) is 14.8 Å². The molecule has 0 fully saturated rings. The van der Waals surface area contributed by atoms with E-state index < -0.39 is 10.0 Å². The molecule has 0 saturated carbocycles. The van der Waals surface area contributed by atoms with Gasteiger partial charge in [0, 0.05) is 25.3 Å². The van der Waals surface area contributed by atoms with Crippen molar-refractivity contribution in [3.05, 3.63) is 22.7 Å². The second kappa shape index (κ2) is 7.09. The zero-order valence-corrected chi connectivity index (χ0v) is 12.8. The van der Waals surface area contributed by atoms with Gasteiger partial charge in [-0.25, -0.2) is 13.1 Å². The number of hydrogen-bond acceptors (Lipinski definition) is 4.